The molecule has 0 heterocycles. The van der Waals surface area contributed by atoms with Gasteiger partial charge < -0.3 is 10.1 Å². The van der Waals surface area contributed by atoms with Gasteiger partial charge in [0.05, 0.1) is 14.2 Å². The number of likely N-dealkylation sites (N-methyl/N-ethyl adjacent to an activating group) is 1. The molecular weight excluding hydrogens is 236 g/mol. The Hall–Kier alpha value is -2.08. The second-order valence-corrected chi connectivity index (χ2v) is 3.43. The van der Waals surface area contributed by atoms with Gasteiger partial charge in [0.1, 0.15) is 12.3 Å². The number of methoxy groups -OCH3 is 1. The molecule has 0 fully saturated rings. The topological polar surface area (TPSA) is 67.9 Å². The van der Waals surface area contributed by atoms with Gasteiger partial charge >= 0.3 is 0 Å². The van der Waals surface area contributed by atoms with E-state index in [1.807, 2.05) is 0 Å². The average Bonchev–Trinajstić information content (AvgIpc) is 2.43. The third-order valence-electron chi connectivity index (χ3n) is 2.35. The largest absolute Gasteiger partial charge is 0.497 e. The Kier molecular flexibility index (Phi) is 5.13. The Bertz CT molecular complexity index is 417. The van der Waals surface area contributed by atoms with Gasteiger partial charge in [0.15, 0.2) is 0 Å². The lowest BCUT2D eigenvalue weighted by molar-refractivity contribution is -0.136. The van der Waals surface area contributed by atoms with E-state index in [0.29, 0.717) is 11.3 Å². The number of nitrogens with zero attached hydrogens (tertiary/aromatic N) is 1. The monoisotopic (exact) mass is 252 g/mol. The van der Waals surface area contributed by atoms with Crippen LogP contribution in [-0.4, -0.2) is 44.7 Å². The molecule has 6 nitrogen and oxygen atoms in total. The fourth-order valence-corrected chi connectivity index (χ4v) is 1.31. The van der Waals surface area contributed by atoms with E-state index in [4.69, 9.17) is 9.57 Å². The van der Waals surface area contributed by atoms with Crippen LogP contribution in [0.3, 0.4) is 0 Å². The van der Waals surface area contributed by atoms with Crippen molar-refractivity contribution in [1.29, 1.82) is 0 Å². The predicted molar refractivity (Wildman–Crippen MR) is 65.1 cm³/mol. The van der Waals surface area contributed by atoms with Gasteiger partial charge in [-0.3, -0.25) is 14.4 Å². The van der Waals surface area contributed by atoms with Crippen LogP contribution < -0.4 is 10.1 Å². The van der Waals surface area contributed by atoms with Gasteiger partial charge in [-0.1, -0.05) is 0 Å². The smallest absolute Gasteiger partial charge is 0.277 e. The summed E-state index contributed by atoms with van der Waals surface area (Å²) < 4.78 is 5.00. The summed E-state index contributed by atoms with van der Waals surface area (Å²) in [5.74, 6) is -0.0377. The molecule has 0 spiro atoms. The third kappa shape index (κ3) is 3.46. The molecule has 0 unspecified atom stereocenters. The lowest BCUT2D eigenvalue weighted by atomic mass is 10.2. The minimum Gasteiger partial charge on any atom is -0.497 e. The van der Waals surface area contributed by atoms with Crippen molar-refractivity contribution >= 4 is 11.8 Å². The summed E-state index contributed by atoms with van der Waals surface area (Å²) in [7, 11) is 4.38. The minimum atomic E-state index is -0.385. The van der Waals surface area contributed by atoms with Gasteiger partial charge in [-0.2, -0.15) is 0 Å². The van der Waals surface area contributed by atoms with Crippen molar-refractivity contribution < 1.29 is 19.2 Å². The molecule has 0 saturated carbocycles. The summed E-state index contributed by atoms with van der Waals surface area (Å²) in [4.78, 5) is 28.1. The van der Waals surface area contributed by atoms with Gasteiger partial charge in [-0.15, -0.1) is 0 Å². The highest BCUT2D eigenvalue weighted by Crippen LogP contribution is 2.13. The summed E-state index contributed by atoms with van der Waals surface area (Å²) in [5, 5.41) is 3.41. The summed E-state index contributed by atoms with van der Waals surface area (Å²) >= 11 is 0. The zero-order valence-corrected chi connectivity index (χ0v) is 10.6. The number of rotatable bonds is 5. The van der Waals surface area contributed by atoms with Gasteiger partial charge in [-0.25, -0.2) is 5.06 Å². The van der Waals surface area contributed by atoms with Crippen molar-refractivity contribution in [2.24, 2.45) is 0 Å². The fourth-order valence-electron chi connectivity index (χ4n) is 1.31. The molecule has 0 aliphatic carbocycles. The first kappa shape index (κ1) is 14.0. The van der Waals surface area contributed by atoms with E-state index in [1.54, 1.807) is 31.4 Å². The van der Waals surface area contributed by atoms with Crippen molar-refractivity contribution in [3.05, 3.63) is 29.8 Å². The third-order valence-corrected chi connectivity index (χ3v) is 2.35. The second-order valence-electron chi connectivity index (χ2n) is 3.43. The van der Waals surface area contributed by atoms with Crippen LogP contribution in [0.25, 0.3) is 0 Å². The molecule has 6 heteroatoms. The van der Waals surface area contributed by atoms with Crippen LogP contribution in [0.15, 0.2) is 24.3 Å². The molecule has 0 bridgehead atoms. The predicted octanol–water partition coefficient (Wildman–Crippen LogP) is 0.445. The van der Waals surface area contributed by atoms with Crippen LogP contribution in [-0.2, 0) is 9.63 Å². The number of amides is 2. The van der Waals surface area contributed by atoms with E-state index in [-0.39, 0.29) is 18.4 Å². The van der Waals surface area contributed by atoms with Crippen molar-refractivity contribution in [3.8, 4) is 5.75 Å². The Balaban J connectivity index is 2.79. The van der Waals surface area contributed by atoms with Crippen molar-refractivity contribution in [3.63, 3.8) is 0 Å². The lowest BCUT2D eigenvalue weighted by Gasteiger charge is -2.18. The maximum atomic E-state index is 12.0. The van der Waals surface area contributed by atoms with Crippen molar-refractivity contribution in [1.82, 2.24) is 10.4 Å². The average molecular weight is 252 g/mol. The summed E-state index contributed by atoms with van der Waals surface area (Å²) in [6.45, 7) is -0.155. The highest BCUT2D eigenvalue weighted by Gasteiger charge is 2.18. The zero-order valence-electron chi connectivity index (χ0n) is 10.6. The van der Waals surface area contributed by atoms with Gasteiger partial charge in [0, 0.05) is 12.6 Å². The van der Waals surface area contributed by atoms with Crippen LogP contribution in [0, 0.1) is 0 Å². The molecule has 0 aliphatic heterocycles. The second kappa shape index (κ2) is 6.61. The molecular formula is C12H16N2O4. The van der Waals surface area contributed by atoms with E-state index in [1.165, 1.54) is 14.2 Å². The number of carbonyl (C=O) groups excluding carboxylic acids is 2. The number of carbonyl (C=O) groups is 2. The number of hydroxylamine groups is 2. The Morgan fingerprint density at radius 2 is 1.83 bits per heavy atom. The van der Waals surface area contributed by atoms with Gasteiger partial charge in [0.25, 0.3) is 5.91 Å². The molecule has 1 aromatic carbocycles. The van der Waals surface area contributed by atoms with E-state index in [2.05, 4.69) is 5.32 Å². The molecule has 0 saturated heterocycles. The van der Waals surface area contributed by atoms with E-state index >= 15 is 0 Å². The number of benzene rings is 1. The quantitative estimate of drug-likeness (QED) is 0.772. The maximum Gasteiger partial charge on any atom is 0.277 e. The van der Waals surface area contributed by atoms with Gasteiger partial charge in [-0.05, 0) is 24.3 Å². The number of hydrogen-bond donors (Lipinski definition) is 1. The first-order chi connectivity index (χ1) is 8.62. The van der Waals surface area contributed by atoms with Gasteiger partial charge in [0.2, 0.25) is 5.91 Å². The first-order valence-electron chi connectivity index (χ1n) is 5.33. The lowest BCUT2D eigenvalue weighted by Crippen LogP contribution is -2.38. The van der Waals surface area contributed by atoms with E-state index in [9.17, 15) is 9.59 Å². The molecule has 98 valence electrons. The molecule has 1 rings (SSSR count). The first-order valence-corrected chi connectivity index (χ1v) is 5.33. The Labute approximate surface area is 105 Å². The molecule has 18 heavy (non-hydrogen) atoms. The highest BCUT2D eigenvalue weighted by molar-refractivity contribution is 5.95. The molecule has 1 N–H and O–H groups in total. The standard InChI is InChI=1S/C12H16N2O4/c1-13-11(15)8-14(18-3)12(16)9-4-6-10(17-2)7-5-9/h4-7H,8H2,1-3H3,(H,13,15). The van der Waals surface area contributed by atoms with Crippen LogP contribution in [0.5, 0.6) is 5.75 Å². The molecule has 0 aromatic heterocycles. The molecule has 0 aliphatic rings. The number of hydrogen-bond acceptors (Lipinski definition) is 4. The summed E-state index contributed by atoms with van der Waals surface area (Å²) in [6, 6.07) is 6.55. The zero-order chi connectivity index (χ0) is 13.5. The Morgan fingerprint density at radius 3 is 2.28 bits per heavy atom. The van der Waals surface area contributed by atoms with Crippen LogP contribution in [0.2, 0.25) is 0 Å². The number of nitrogens with one attached hydrogen (secondary N) is 1. The summed E-state index contributed by atoms with van der Waals surface area (Å²) in [5.41, 5.74) is 0.418. The van der Waals surface area contributed by atoms with Crippen molar-refractivity contribution in [2.75, 3.05) is 27.8 Å². The minimum absolute atomic E-state index is 0.155. The van der Waals surface area contributed by atoms with Crippen LogP contribution >= 0.6 is 0 Å². The fraction of sp³-hybridized carbons (Fsp3) is 0.333. The van der Waals surface area contributed by atoms with Crippen LogP contribution in [0.4, 0.5) is 0 Å². The van der Waals surface area contributed by atoms with Crippen LogP contribution in [0.1, 0.15) is 10.4 Å². The van der Waals surface area contributed by atoms with E-state index < -0.39 is 0 Å². The summed E-state index contributed by atoms with van der Waals surface area (Å²) in [6.07, 6.45) is 0. The SMILES string of the molecule is CNC(=O)CN(OC)C(=O)c1ccc(OC)cc1. The normalized spacial score (nSPS) is 9.72. The molecule has 1 aromatic rings. The van der Waals surface area contributed by atoms with Crippen molar-refractivity contribution in [2.45, 2.75) is 0 Å². The molecule has 0 atom stereocenters. The number of ether oxygens (including phenoxy) is 1. The highest BCUT2D eigenvalue weighted by atomic mass is 16.7. The molecule has 2 amide bonds. The maximum absolute atomic E-state index is 12.0. The molecule has 0 radical (unpaired) electrons. The van der Waals surface area contributed by atoms with E-state index in [0.717, 1.165) is 5.06 Å². The Morgan fingerprint density at radius 1 is 1.22 bits per heavy atom.